The lowest BCUT2D eigenvalue weighted by Crippen LogP contribution is -2.23. The van der Waals surface area contributed by atoms with Gasteiger partial charge in [-0.25, -0.2) is 0 Å². The van der Waals surface area contributed by atoms with E-state index in [-0.39, 0.29) is 6.61 Å². The molecule has 0 aliphatic rings. The molecule has 0 saturated carbocycles. The maximum atomic E-state index is 8.57. The van der Waals surface area contributed by atoms with Gasteiger partial charge in [-0.15, -0.1) is 0 Å². The molecular formula is C16H35NO2. The lowest BCUT2D eigenvalue weighted by Gasteiger charge is -2.05. The third kappa shape index (κ3) is 17.9. The molecule has 3 heteroatoms. The van der Waals surface area contributed by atoms with Gasteiger partial charge in [0.1, 0.15) is 0 Å². The first-order valence-electron chi connectivity index (χ1n) is 8.31. The summed E-state index contributed by atoms with van der Waals surface area (Å²) in [6, 6.07) is 0. The van der Waals surface area contributed by atoms with Gasteiger partial charge in [-0.05, 0) is 6.42 Å². The fourth-order valence-corrected chi connectivity index (χ4v) is 2.14. The van der Waals surface area contributed by atoms with E-state index >= 15 is 0 Å². The predicted molar refractivity (Wildman–Crippen MR) is 82.6 cm³/mol. The monoisotopic (exact) mass is 273 g/mol. The van der Waals surface area contributed by atoms with Crippen molar-refractivity contribution in [2.75, 3.05) is 32.9 Å². The molecule has 0 heterocycles. The Morgan fingerprint density at radius 1 is 0.737 bits per heavy atom. The second kappa shape index (κ2) is 17.9. The van der Waals surface area contributed by atoms with Crippen LogP contribution >= 0.6 is 0 Å². The number of hydrogen-bond donors (Lipinski definition) is 2. The minimum Gasteiger partial charge on any atom is -0.395 e. The lowest BCUT2D eigenvalue weighted by molar-refractivity contribution is 0.130. The summed E-state index contributed by atoms with van der Waals surface area (Å²) in [7, 11) is 0. The van der Waals surface area contributed by atoms with Crippen LogP contribution in [0.2, 0.25) is 0 Å². The largest absolute Gasteiger partial charge is 0.395 e. The SMILES string of the molecule is CCCCCCCCCCCCOCCNCCO. The first kappa shape index (κ1) is 18.9. The highest BCUT2D eigenvalue weighted by atomic mass is 16.5. The molecule has 0 atom stereocenters. The van der Waals surface area contributed by atoms with E-state index in [0.717, 1.165) is 19.8 Å². The fraction of sp³-hybridized carbons (Fsp3) is 1.00. The van der Waals surface area contributed by atoms with Crippen LogP contribution in [0, 0.1) is 0 Å². The predicted octanol–water partition coefficient (Wildman–Crippen LogP) is 3.51. The Hall–Kier alpha value is -0.120. The fourth-order valence-electron chi connectivity index (χ4n) is 2.14. The Labute approximate surface area is 120 Å². The summed E-state index contributed by atoms with van der Waals surface area (Å²) in [4.78, 5) is 0. The standard InChI is InChI=1S/C16H35NO2/c1-2-3-4-5-6-7-8-9-10-11-15-19-16-13-17-12-14-18/h17-18H,2-16H2,1H3. The molecule has 0 aromatic heterocycles. The normalized spacial score (nSPS) is 11.1. The van der Waals surface area contributed by atoms with Crippen molar-refractivity contribution in [1.82, 2.24) is 5.32 Å². The molecule has 3 nitrogen and oxygen atoms in total. The van der Waals surface area contributed by atoms with Crippen molar-refractivity contribution < 1.29 is 9.84 Å². The molecule has 0 fully saturated rings. The summed E-state index contributed by atoms with van der Waals surface area (Å²) in [6.45, 7) is 5.64. The third-order valence-electron chi connectivity index (χ3n) is 3.35. The minimum atomic E-state index is 0.207. The number of aliphatic hydroxyl groups excluding tert-OH is 1. The number of aliphatic hydroxyl groups is 1. The van der Waals surface area contributed by atoms with Crippen LogP contribution in [0.4, 0.5) is 0 Å². The molecule has 116 valence electrons. The van der Waals surface area contributed by atoms with Crippen molar-refractivity contribution in [2.24, 2.45) is 0 Å². The highest BCUT2D eigenvalue weighted by Crippen LogP contribution is 2.10. The summed E-state index contributed by atoms with van der Waals surface area (Å²) in [6.07, 6.45) is 13.7. The van der Waals surface area contributed by atoms with E-state index in [2.05, 4.69) is 12.2 Å². The molecule has 0 aliphatic heterocycles. The van der Waals surface area contributed by atoms with Crippen LogP contribution in [0.1, 0.15) is 71.1 Å². The van der Waals surface area contributed by atoms with E-state index in [1.165, 1.54) is 64.2 Å². The Morgan fingerprint density at radius 3 is 1.89 bits per heavy atom. The van der Waals surface area contributed by atoms with Crippen LogP contribution in [-0.4, -0.2) is 38.0 Å². The number of ether oxygens (including phenoxy) is 1. The van der Waals surface area contributed by atoms with Crippen LogP contribution in [-0.2, 0) is 4.74 Å². The van der Waals surface area contributed by atoms with Gasteiger partial charge in [-0.3, -0.25) is 0 Å². The molecule has 0 aromatic rings. The number of nitrogens with one attached hydrogen (secondary N) is 1. The zero-order chi connectivity index (χ0) is 14.0. The number of hydrogen-bond acceptors (Lipinski definition) is 3. The maximum Gasteiger partial charge on any atom is 0.0590 e. The van der Waals surface area contributed by atoms with Crippen LogP contribution in [0.25, 0.3) is 0 Å². The van der Waals surface area contributed by atoms with E-state index in [4.69, 9.17) is 9.84 Å². The summed E-state index contributed by atoms with van der Waals surface area (Å²) < 4.78 is 5.51. The maximum absolute atomic E-state index is 8.57. The van der Waals surface area contributed by atoms with E-state index < -0.39 is 0 Å². The zero-order valence-electron chi connectivity index (χ0n) is 13.0. The molecule has 0 aromatic carbocycles. The van der Waals surface area contributed by atoms with Gasteiger partial charge in [-0.1, -0.05) is 64.7 Å². The van der Waals surface area contributed by atoms with Gasteiger partial charge in [0.05, 0.1) is 13.2 Å². The summed E-state index contributed by atoms with van der Waals surface area (Å²) >= 11 is 0. The second-order valence-electron chi connectivity index (χ2n) is 5.27. The van der Waals surface area contributed by atoms with Crippen LogP contribution in [0.5, 0.6) is 0 Å². The van der Waals surface area contributed by atoms with E-state index in [1.807, 2.05) is 0 Å². The van der Waals surface area contributed by atoms with Crippen molar-refractivity contribution in [3.05, 3.63) is 0 Å². The molecule has 0 saturated heterocycles. The number of unbranched alkanes of at least 4 members (excludes halogenated alkanes) is 9. The van der Waals surface area contributed by atoms with Crippen molar-refractivity contribution >= 4 is 0 Å². The molecule has 19 heavy (non-hydrogen) atoms. The van der Waals surface area contributed by atoms with Gasteiger partial charge in [0.15, 0.2) is 0 Å². The highest BCUT2D eigenvalue weighted by molar-refractivity contribution is 4.48. The number of rotatable bonds is 16. The molecule has 0 amide bonds. The van der Waals surface area contributed by atoms with Gasteiger partial charge in [0, 0.05) is 19.7 Å². The molecule has 0 radical (unpaired) electrons. The first-order valence-corrected chi connectivity index (χ1v) is 8.31. The molecule has 2 N–H and O–H groups in total. The van der Waals surface area contributed by atoms with Gasteiger partial charge >= 0.3 is 0 Å². The quantitative estimate of drug-likeness (QED) is 0.423. The summed E-state index contributed by atoms with van der Waals surface area (Å²) in [5, 5.41) is 11.7. The Kier molecular flexibility index (Phi) is 17.8. The topological polar surface area (TPSA) is 41.5 Å². The summed E-state index contributed by atoms with van der Waals surface area (Å²) in [5.41, 5.74) is 0. The van der Waals surface area contributed by atoms with Gasteiger partial charge < -0.3 is 15.2 Å². The van der Waals surface area contributed by atoms with E-state index in [0.29, 0.717) is 6.54 Å². The van der Waals surface area contributed by atoms with Crippen molar-refractivity contribution in [1.29, 1.82) is 0 Å². The smallest absolute Gasteiger partial charge is 0.0590 e. The Morgan fingerprint density at radius 2 is 1.32 bits per heavy atom. The zero-order valence-corrected chi connectivity index (χ0v) is 13.0. The molecular weight excluding hydrogens is 238 g/mol. The van der Waals surface area contributed by atoms with Crippen LogP contribution in [0.3, 0.4) is 0 Å². The van der Waals surface area contributed by atoms with Crippen molar-refractivity contribution in [3.8, 4) is 0 Å². The minimum absolute atomic E-state index is 0.207. The first-order chi connectivity index (χ1) is 9.41. The average Bonchev–Trinajstić information content (AvgIpc) is 2.43. The molecule has 0 aliphatic carbocycles. The lowest BCUT2D eigenvalue weighted by atomic mass is 10.1. The Bertz CT molecular complexity index is 138. The van der Waals surface area contributed by atoms with Crippen LogP contribution < -0.4 is 5.32 Å². The molecule has 0 rings (SSSR count). The van der Waals surface area contributed by atoms with Gasteiger partial charge in [-0.2, -0.15) is 0 Å². The molecule has 0 bridgehead atoms. The Balaban J connectivity index is 2.88. The third-order valence-corrected chi connectivity index (χ3v) is 3.35. The molecule has 0 spiro atoms. The second-order valence-corrected chi connectivity index (χ2v) is 5.27. The summed E-state index contributed by atoms with van der Waals surface area (Å²) in [5.74, 6) is 0. The van der Waals surface area contributed by atoms with Crippen molar-refractivity contribution in [3.63, 3.8) is 0 Å². The van der Waals surface area contributed by atoms with E-state index in [1.54, 1.807) is 0 Å². The van der Waals surface area contributed by atoms with Crippen LogP contribution in [0.15, 0.2) is 0 Å². The van der Waals surface area contributed by atoms with Gasteiger partial charge in [0.25, 0.3) is 0 Å². The highest BCUT2D eigenvalue weighted by Gasteiger charge is 1.93. The van der Waals surface area contributed by atoms with E-state index in [9.17, 15) is 0 Å². The van der Waals surface area contributed by atoms with Gasteiger partial charge in [0.2, 0.25) is 0 Å². The van der Waals surface area contributed by atoms with Crippen molar-refractivity contribution in [2.45, 2.75) is 71.1 Å². The average molecular weight is 273 g/mol. The molecule has 0 unspecified atom stereocenters.